The summed E-state index contributed by atoms with van der Waals surface area (Å²) in [5, 5.41) is 0. The van der Waals surface area contributed by atoms with Crippen LogP contribution in [0.4, 0.5) is 0 Å². The summed E-state index contributed by atoms with van der Waals surface area (Å²) in [4.78, 5) is 8.65. The van der Waals surface area contributed by atoms with Gasteiger partial charge < -0.3 is 0 Å². The van der Waals surface area contributed by atoms with Crippen molar-refractivity contribution >= 4 is 12.4 Å². The van der Waals surface area contributed by atoms with E-state index in [0.717, 1.165) is 18.5 Å². The average Bonchev–Trinajstić information content (AvgIpc) is 3.45. The third kappa shape index (κ3) is 24.3. The Balaban J connectivity index is 2.05. The fourth-order valence-corrected chi connectivity index (χ4v) is 6.10. The molecule has 1 unspecified atom stereocenters. The molecule has 0 radical (unpaired) electrons. The molecule has 38 heavy (non-hydrogen) atoms. The molecule has 2 heteroatoms. The monoisotopic (exact) mass is 530 g/mol. The molecule has 0 aromatic heterocycles. The van der Waals surface area contributed by atoms with E-state index in [2.05, 4.69) is 23.8 Å². The fourth-order valence-electron chi connectivity index (χ4n) is 6.10. The Morgan fingerprint density at radius 1 is 0.395 bits per heavy atom. The highest BCUT2D eigenvalue weighted by Crippen LogP contribution is 2.26. The highest BCUT2D eigenvalue weighted by Gasteiger charge is 2.15. The van der Waals surface area contributed by atoms with Gasteiger partial charge in [-0.2, -0.15) is 0 Å². The number of hydrogen-bond acceptors (Lipinski definition) is 2. The lowest BCUT2D eigenvalue weighted by Gasteiger charge is -2.17. The smallest absolute Gasteiger partial charge is 0.0968 e. The zero-order valence-electron chi connectivity index (χ0n) is 26.3. The molecule has 0 aromatic rings. The first-order chi connectivity index (χ1) is 18.9. The fraction of sp³-hybridized carbons (Fsp3) is 0.917. The van der Waals surface area contributed by atoms with Crippen molar-refractivity contribution in [3.63, 3.8) is 0 Å². The molecule has 222 valence electrons. The number of nitrogens with zero attached hydrogens (tertiary/aromatic N) is 2. The van der Waals surface area contributed by atoms with E-state index in [0.29, 0.717) is 0 Å². The lowest BCUT2D eigenvalue weighted by atomic mass is 9.89. The van der Waals surface area contributed by atoms with Gasteiger partial charge >= 0.3 is 0 Å². The zero-order valence-corrected chi connectivity index (χ0v) is 26.3. The first-order valence-electron chi connectivity index (χ1n) is 17.8. The SMILES string of the molecule is CCCCCCCCCCCCCCCC(CCCCCCCCCCCC)CCCCC[C+]1N=CC=N1. The normalized spacial score (nSPS) is 13.7. The zero-order chi connectivity index (χ0) is 27.2. The van der Waals surface area contributed by atoms with Gasteiger partial charge in [0.05, 0.1) is 6.42 Å². The van der Waals surface area contributed by atoms with E-state index in [-0.39, 0.29) is 0 Å². The van der Waals surface area contributed by atoms with Crippen LogP contribution in [0.3, 0.4) is 0 Å². The van der Waals surface area contributed by atoms with Crippen LogP contribution in [0, 0.1) is 12.1 Å². The van der Waals surface area contributed by atoms with Crippen LogP contribution in [-0.2, 0) is 0 Å². The molecule has 1 heterocycles. The van der Waals surface area contributed by atoms with Gasteiger partial charge in [0.1, 0.15) is 0 Å². The molecule has 0 bridgehead atoms. The molecule has 0 spiro atoms. The topological polar surface area (TPSA) is 24.7 Å². The number of unbranched alkanes of at least 4 members (excludes halogenated alkanes) is 23. The largest absolute Gasteiger partial charge is 0.240 e. The van der Waals surface area contributed by atoms with Crippen molar-refractivity contribution in [2.45, 2.75) is 206 Å². The van der Waals surface area contributed by atoms with Gasteiger partial charge in [0.2, 0.25) is 6.17 Å². The molecule has 1 rings (SSSR count). The molecule has 0 amide bonds. The van der Waals surface area contributed by atoms with Crippen molar-refractivity contribution in [2.24, 2.45) is 15.9 Å². The predicted octanol–water partition coefficient (Wildman–Crippen LogP) is 13.0. The summed E-state index contributed by atoms with van der Waals surface area (Å²) < 4.78 is 0. The first-order valence-corrected chi connectivity index (χ1v) is 17.8. The van der Waals surface area contributed by atoms with Crippen LogP contribution in [0.5, 0.6) is 0 Å². The molecule has 0 aromatic carbocycles. The molecule has 0 N–H and O–H groups in total. The van der Waals surface area contributed by atoms with E-state index in [1.807, 2.05) is 12.4 Å². The molecule has 0 fully saturated rings. The number of aliphatic imine (C=N–C) groups is 2. The van der Waals surface area contributed by atoms with Crippen molar-refractivity contribution in [2.75, 3.05) is 0 Å². The van der Waals surface area contributed by atoms with Crippen LogP contribution in [0.25, 0.3) is 0 Å². The minimum atomic E-state index is 0.979. The van der Waals surface area contributed by atoms with Crippen LogP contribution in [-0.4, -0.2) is 12.4 Å². The van der Waals surface area contributed by atoms with Gasteiger partial charge in [0, 0.05) is 0 Å². The number of rotatable bonds is 31. The third-order valence-corrected chi connectivity index (χ3v) is 8.71. The van der Waals surface area contributed by atoms with Gasteiger partial charge in [-0.3, -0.25) is 0 Å². The van der Waals surface area contributed by atoms with Gasteiger partial charge in [-0.05, 0) is 12.3 Å². The molecule has 0 aliphatic carbocycles. The highest BCUT2D eigenvalue weighted by atomic mass is 15.0. The Morgan fingerprint density at radius 3 is 1.03 bits per heavy atom. The van der Waals surface area contributed by atoms with E-state index in [1.54, 1.807) is 0 Å². The summed E-state index contributed by atoms with van der Waals surface area (Å²) in [6.45, 7) is 4.62. The third-order valence-electron chi connectivity index (χ3n) is 8.71. The molecule has 2 nitrogen and oxygen atoms in total. The Kier molecular flexibility index (Phi) is 27.1. The Hall–Kier alpha value is -0.790. The molecule has 1 aliphatic heterocycles. The second-order valence-corrected chi connectivity index (χ2v) is 12.4. The van der Waals surface area contributed by atoms with E-state index in [1.165, 1.54) is 186 Å². The number of hydrogen-bond donors (Lipinski definition) is 0. The van der Waals surface area contributed by atoms with Gasteiger partial charge in [-0.1, -0.05) is 204 Å². The minimum absolute atomic E-state index is 0.979. The Bertz CT molecular complexity index is 499. The second kappa shape index (κ2) is 29.2. The summed E-state index contributed by atoms with van der Waals surface area (Å²) >= 11 is 0. The van der Waals surface area contributed by atoms with Crippen LogP contribution >= 0.6 is 0 Å². The van der Waals surface area contributed by atoms with Crippen molar-refractivity contribution in [3.05, 3.63) is 6.17 Å². The summed E-state index contributed by atoms with van der Waals surface area (Å²) in [5.74, 6) is 0.979. The van der Waals surface area contributed by atoms with Gasteiger partial charge in [-0.25, -0.2) is 0 Å². The van der Waals surface area contributed by atoms with Crippen LogP contribution in [0.15, 0.2) is 9.98 Å². The highest BCUT2D eigenvalue weighted by molar-refractivity contribution is 6.18. The van der Waals surface area contributed by atoms with E-state index in [9.17, 15) is 0 Å². The summed E-state index contributed by atoms with van der Waals surface area (Å²) in [7, 11) is 0. The van der Waals surface area contributed by atoms with Crippen molar-refractivity contribution < 1.29 is 0 Å². The Morgan fingerprint density at radius 2 is 0.684 bits per heavy atom. The molecule has 0 saturated heterocycles. The second-order valence-electron chi connectivity index (χ2n) is 12.4. The van der Waals surface area contributed by atoms with E-state index in [4.69, 9.17) is 0 Å². The van der Waals surface area contributed by atoms with Crippen molar-refractivity contribution in [3.8, 4) is 0 Å². The van der Waals surface area contributed by atoms with E-state index < -0.39 is 0 Å². The van der Waals surface area contributed by atoms with Gasteiger partial charge in [-0.15, -0.1) is 0 Å². The summed E-state index contributed by atoms with van der Waals surface area (Å²) in [6.07, 6.45) is 47.7. The first kappa shape index (κ1) is 35.2. The maximum Gasteiger partial charge on any atom is 0.240 e. The van der Waals surface area contributed by atoms with Crippen LogP contribution < -0.4 is 0 Å². The molecular weight excluding hydrogens is 460 g/mol. The average molecular weight is 530 g/mol. The quantitative estimate of drug-likeness (QED) is 0.0630. The van der Waals surface area contributed by atoms with Crippen LogP contribution in [0.1, 0.15) is 206 Å². The Labute approximate surface area is 240 Å². The molecule has 0 saturated carbocycles. The standard InChI is InChI=1S/C36H69N2/c1-3-5-7-9-11-13-15-16-17-19-21-23-26-30-35(31-27-24-28-32-36-37-33-34-38-36)29-25-22-20-18-14-12-10-8-6-4-2/h33-35H,3-32H2,1-2H3/q+1. The summed E-state index contributed by atoms with van der Waals surface area (Å²) in [6, 6.07) is 0. The predicted molar refractivity (Wildman–Crippen MR) is 174 cm³/mol. The van der Waals surface area contributed by atoms with Crippen molar-refractivity contribution in [1.82, 2.24) is 0 Å². The van der Waals surface area contributed by atoms with Crippen LogP contribution in [0.2, 0.25) is 0 Å². The molecule has 1 aliphatic rings. The summed E-state index contributed by atoms with van der Waals surface area (Å²) in [5.41, 5.74) is 0. The van der Waals surface area contributed by atoms with Gasteiger partial charge in [0.15, 0.2) is 12.4 Å². The molecule has 1 atom stereocenters. The molecular formula is C36H69N2+. The lowest BCUT2D eigenvalue weighted by Crippen LogP contribution is -2.02. The minimum Gasteiger partial charge on any atom is -0.0968 e. The van der Waals surface area contributed by atoms with Gasteiger partial charge in [0.25, 0.3) is 0 Å². The lowest BCUT2D eigenvalue weighted by molar-refractivity contribution is 0.366. The van der Waals surface area contributed by atoms with E-state index >= 15 is 0 Å². The maximum atomic E-state index is 4.33. The maximum absolute atomic E-state index is 4.33. The van der Waals surface area contributed by atoms with Crippen molar-refractivity contribution in [1.29, 1.82) is 0 Å².